The lowest BCUT2D eigenvalue weighted by molar-refractivity contribution is -0.265. The molecule has 0 spiro atoms. The maximum absolute atomic E-state index is 14.4. The molecule has 0 aromatic heterocycles. The van der Waals surface area contributed by atoms with Crippen molar-refractivity contribution in [2.24, 2.45) is 35.5 Å². The van der Waals surface area contributed by atoms with E-state index < -0.39 is 83.9 Å². The van der Waals surface area contributed by atoms with E-state index in [2.05, 4.69) is 0 Å². The summed E-state index contributed by atoms with van der Waals surface area (Å²) >= 11 is 0. The maximum atomic E-state index is 14.4. The van der Waals surface area contributed by atoms with E-state index in [9.17, 15) is 39.3 Å². The topological polar surface area (TPSA) is 195 Å². The van der Waals surface area contributed by atoms with Gasteiger partial charge in [0.15, 0.2) is 5.78 Å². The fourth-order valence-electron chi connectivity index (χ4n) is 10.1. The maximum Gasteiger partial charge on any atom is 0.329 e. The van der Waals surface area contributed by atoms with Gasteiger partial charge in [-0.1, -0.05) is 71.1 Å². The molecule has 15 atom stereocenters. The van der Waals surface area contributed by atoms with Crippen LogP contribution in [0.1, 0.15) is 126 Å². The molecule has 65 heavy (non-hydrogen) atoms. The van der Waals surface area contributed by atoms with Crippen LogP contribution in [0.3, 0.4) is 0 Å². The predicted octanol–water partition coefficient (Wildman–Crippen LogP) is 6.18. The molecular formula is C51H79NO13. The van der Waals surface area contributed by atoms with Crippen LogP contribution in [0.5, 0.6) is 0 Å². The van der Waals surface area contributed by atoms with Crippen molar-refractivity contribution in [3.8, 4) is 0 Å². The molecule has 1 aliphatic carbocycles. The molecule has 3 heterocycles. The number of allylic oxidation sites excluding steroid dienone is 6. The molecule has 3 aliphatic heterocycles. The van der Waals surface area contributed by atoms with Crippen molar-refractivity contribution in [2.75, 3.05) is 27.9 Å². The number of hydrogen-bond donors (Lipinski definition) is 3. The zero-order valence-electron chi connectivity index (χ0n) is 40.6. The third kappa shape index (κ3) is 14.3. The number of methoxy groups -OCH3 is 3. The summed E-state index contributed by atoms with van der Waals surface area (Å²) in [6.07, 6.45) is 11.2. The quantitative estimate of drug-likeness (QED) is 0.156. The van der Waals surface area contributed by atoms with Gasteiger partial charge in [0, 0.05) is 58.5 Å². The number of rotatable bonds is 6. The first-order chi connectivity index (χ1) is 30.7. The molecule has 0 aromatic rings. The number of aliphatic hydroxyl groups is 3. The highest BCUT2D eigenvalue weighted by Gasteiger charge is 2.53. The number of carbonyl (C=O) groups excluding carboxylic acids is 5. The molecule has 14 heteroatoms. The number of ketones is 3. The van der Waals surface area contributed by atoms with Gasteiger partial charge in [0.25, 0.3) is 11.7 Å². The zero-order valence-corrected chi connectivity index (χ0v) is 40.6. The molecule has 1 saturated carbocycles. The Labute approximate surface area is 387 Å². The number of carbonyl (C=O) groups is 5. The second-order valence-corrected chi connectivity index (χ2v) is 19.6. The largest absolute Gasteiger partial charge is 0.460 e. The van der Waals surface area contributed by atoms with E-state index in [0.29, 0.717) is 63.4 Å². The molecule has 2 saturated heterocycles. The minimum Gasteiger partial charge on any atom is -0.460 e. The van der Waals surface area contributed by atoms with Crippen molar-refractivity contribution in [2.45, 2.75) is 180 Å². The van der Waals surface area contributed by atoms with Crippen molar-refractivity contribution in [3.05, 3.63) is 47.6 Å². The summed E-state index contributed by atoms with van der Waals surface area (Å²) in [5.74, 6) is -7.96. The number of Topliss-reactive ketones (excluding diaryl/α,β-unsaturated/α-hetero) is 3. The normalized spacial score (nSPS) is 40.4. The lowest BCUT2D eigenvalue weighted by Crippen LogP contribution is -2.61. The first-order valence-corrected chi connectivity index (χ1v) is 23.9. The monoisotopic (exact) mass is 914 g/mol. The number of aliphatic hydroxyl groups excluding tert-OH is 2. The van der Waals surface area contributed by atoms with Gasteiger partial charge in [-0.3, -0.25) is 19.2 Å². The molecule has 14 nitrogen and oxygen atoms in total. The van der Waals surface area contributed by atoms with Gasteiger partial charge in [-0.05, 0) is 107 Å². The van der Waals surface area contributed by atoms with Gasteiger partial charge in [-0.25, -0.2) is 4.79 Å². The fraction of sp³-hybridized carbons (Fsp3) is 0.745. The summed E-state index contributed by atoms with van der Waals surface area (Å²) < 4.78 is 29.4. The van der Waals surface area contributed by atoms with Crippen molar-refractivity contribution in [3.63, 3.8) is 0 Å². The molecule has 3 fully saturated rings. The van der Waals surface area contributed by atoms with Crippen molar-refractivity contribution in [1.82, 2.24) is 4.90 Å². The molecule has 0 radical (unpaired) electrons. The van der Waals surface area contributed by atoms with Crippen LogP contribution in [-0.4, -0.2) is 132 Å². The number of cyclic esters (lactones) is 1. The summed E-state index contributed by atoms with van der Waals surface area (Å²) in [6.45, 7) is 12.7. The highest BCUT2D eigenvalue weighted by molar-refractivity contribution is 6.39. The van der Waals surface area contributed by atoms with Gasteiger partial charge in [-0.15, -0.1) is 0 Å². The smallest absolute Gasteiger partial charge is 0.329 e. The molecule has 366 valence electrons. The van der Waals surface area contributed by atoms with Gasteiger partial charge in [0.05, 0.1) is 24.4 Å². The second kappa shape index (κ2) is 25.1. The number of amides is 1. The van der Waals surface area contributed by atoms with Crippen molar-refractivity contribution in [1.29, 1.82) is 0 Å². The third-order valence-electron chi connectivity index (χ3n) is 14.5. The van der Waals surface area contributed by atoms with Crippen LogP contribution < -0.4 is 0 Å². The Bertz CT molecular complexity index is 1760. The lowest BCUT2D eigenvalue weighted by atomic mass is 9.78. The van der Waals surface area contributed by atoms with Crippen LogP contribution in [-0.2, 0) is 47.7 Å². The minimum absolute atomic E-state index is 0.0193. The van der Waals surface area contributed by atoms with E-state index in [4.69, 9.17) is 23.7 Å². The first kappa shape index (κ1) is 54.2. The van der Waals surface area contributed by atoms with Gasteiger partial charge in [0.2, 0.25) is 5.79 Å². The van der Waals surface area contributed by atoms with Gasteiger partial charge >= 0.3 is 5.97 Å². The number of hydrogen-bond acceptors (Lipinski definition) is 13. The minimum atomic E-state index is -2.43. The Morgan fingerprint density at radius 1 is 0.846 bits per heavy atom. The van der Waals surface area contributed by atoms with Crippen LogP contribution in [0.25, 0.3) is 0 Å². The predicted molar refractivity (Wildman–Crippen MR) is 245 cm³/mol. The van der Waals surface area contributed by atoms with E-state index >= 15 is 0 Å². The molecule has 4 rings (SSSR count). The Hall–Kier alpha value is -3.37. The summed E-state index contributed by atoms with van der Waals surface area (Å²) in [7, 11) is 4.52. The van der Waals surface area contributed by atoms with Crippen LogP contribution in [0.4, 0.5) is 0 Å². The Morgan fingerprint density at radius 3 is 2.25 bits per heavy atom. The van der Waals surface area contributed by atoms with E-state index in [1.165, 1.54) is 12.0 Å². The van der Waals surface area contributed by atoms with Gasteiger partial charge < -0.3 is 43.9 Å². The van der Waals surface area contributed by atoms with E-state index in [1.807, 2.05) is 58.1 Å². The molecule has 0 aromatic carbocycles. The Morgan fingerprint density at radius 2 is 1.57 bits per heavy atom. The first-order valence-electron chi connectivity index (χ1n) is 23.9. The molecule has 1 amide bonds. The number of fused-ring (bicyclic) bond motifs is 3. The van der Waals surface area contributed by atoms with E-state index in [-0.39, 0.29) is 54.8 Å². The summed E-state index contributed by atoms with van der Waals surface area (Å²) in [5, 5.41) is 33.8. The van der Waals surface area contributed by atoms with Gasteiger partial charge in [0.1, 0.15) is 30.1 Å². The van der Waals surface area contributed by atoms with E-state index in [1.54, 1.807) is 41.1 Å². The molecule has 4 aliphatic rings. The number of nitrogens with zero attached hydrogens (tertiary/aromatic N) is 1. The highest BCUT2D eigenvalue weighted by Crippen LogP contribution is 2.38. The van der Waals surface area contributed by atoms with Crippen molar-refractivity contribution < 1.29 is 63.0 Å². The van der Waals surface area contributed by atoms with Crippen LogP contribution in [0.2, 0.25) is 0 Å². The zero-order chi connectivity index (χ0) is 48.2. The summed E-state index contributed by atoms with van der Waals surface area (Å²) in [5.41, 5.74) is 1.27. The Kier molecular flexibility index (Phi) is 21.0. The SMILES string of the molecule is COC1CC2CC[C@@H](C)C(O)(O2)C(=O)C(=O)N2CCCC[C@H]2C(=O)OC(C(C)CC2CCC(O)C(OC)C2)CC(=O)C(C)/C=C(\C)C(O)C(OC)C(=O)[C@H](C)CC(C)/C=C/C=C/C=C/1C. The summed E-state index contributed by atoms with van der Waals surface area (Å²) in [4.78, 5) is 71.8. The van der Waals surface area contributed by atoms with Crippen LogP contribution >= 0.6 is 0 Å². The Balaban J connectivity index is 1.70. The number of piperidine rings is 1. The molecular weight excluding hydrogens is 835 g/mol. The average Bonchev–Trinajstić information content (AvgIpc) is 3.28. The molecule has 3 N–H and O–H groups in total. The highest BCUT2D eigenvalue weighted by atomic mass is 16.6. The fourth-order valence-corrected chi connectivity index (χ4v) is 10.1. The van der Waals surface area contributed by atoms with Crippen LogP contribution in [0.15, 0.2) is 47.6 Å². The van der Waals surface area contributed by atoms with Crippen LogP contribution in [0, 0.1) is 35.5 Å². The van der Waals surface area contributed by atoms with Gasteiger partial charge in [-0.2, -0.15) is 0 Å². The standard InChI is InChI=1S/C51H79NO13/c1-30-16-12-11-13-17-31(2)42(61-8)28-38-21-19-36(7)51(60,65-38)48(57)49(58)52-23-15-14-18-39(52)50(59)64-43(33(4)26-37-20-22-40(53)44(27-37)62-9)29-41(54)32(3)25-35(6)46(56)47(63-10)45(55)34(5)24-30/h11-13,16-17,25,30,32-34,36-40,42-44,46-47,53,56,60H,14-15,18-24,26-29H2,1-10H3/b13-11+,16-12+,31-17+,35-25+/t30?,32?,33?,34-,36-,37?,38?,39+,40?,42?,43?,44?,46?,47?,51?/m1/s1. The lowest BCUT2D eigenvalue weighted by Gasteiger charge is -2.42. The average molecular weight is 914 g/mol. The summed E-state index contributed by atoms with van der Waals surface area (Å²) in [6, 6.07) is -1.14. The van der Waals surface area contributed by atoms with E-state index in [0.717, 1.165) is 12.0 Å². The molecule has 12 unspecified atom stereocenters. The molecule has 2 bridgehead atoms. The van der Waals surface area contributed by atoms with Crippen molar-refractivity contribution >= 4 is 29.2 Å². The third-order valence-corrected chi connectivity index (χ3v) is 14.5. The number of esters is 1. The second-order valence-electron chi connectivity index (χ2n) is 19.6. The number of ether oxygens (including phenoxy) is 5.